The van der Waals surface area contributed by atoms with Crippen LogP contribution in [0.25, 0.3) is 0 Å². The van der Waals surface area contributed by atoms with Crippen LogP contribution in [0.2, 0.25) is 0 Å². The number of aliphatic imine (C=N–C) groups is 1. The van der Waals surface area contributed by atoms with Crippen LogP contribution in [0.3, 0.4) is 0 Å². The number of unbranched alkanes of at least 4 members (excludes halogenated alkanes) is 34. The number of ether oxygens (including phenoxy) is 4. The van der Waals surface area contributed by atoms with Crippen LogP contribution in [0.4, 0.5) is 0 Å². The molecule has 1 N–H and O–H groups in total. The van der Waals surface area contributed by atoms with Crippen LogP contribution in [0, 0.1) is 0 Å². The molecule has 0 aliphatic rings. The predicted octanol–water partition coefficient (Wildman–Crippen LogP) is 20.0. The molecule has 480 valence electrons. The van der Waals surface area contributed by atoms with E-state index in [0.29, 0.717) is 31.4 Å². The molecule has 0 bridgehead atoms. The number of carbonyl (C=O) groups is 5. The number of carbonyl (C=O) groups excluding carboxylic acids is 5. The molecule has 1 amide bonds. The largest absolute Gasteiger partial charge is 0.461 e. The molecule has 0 saturated heterocycles. The van der Waals surface area contributed by atoms with Crippen molar-refractivity contribution in [2.75, 3.05) is 32.9 Å². The highest BCUT2D eigenvalue weighted by atomic mass is 16.6. The lowest BCUT2D eigenvalue weighted by molar-refractivity contribution is -0.196. The number of esters is 4. The zero-order chi connectivity index (χ0) is 60.9. The zero-order valence-corrected chi connectivity index (χ0v) is 54.3. The van der Waals surface area contributed by atoms with Gasteiger partial charge in [0.2, 0.25) is 5.60 Å². The van der Waals surface area contributed by atoms with Crippen molar-refractivity contribution in [3.8, 4) is 0 Å². The topological polar surface area (TPSA) is 147 Å². The van der Waals surface area contributed by atoms with Gasteiger partial charge in [0.25, 0.3) is 5.91 Å². The summed E-state index contributed by atoms with van der Waals surface area (Å²) in [5.74, 6) is -2.17. The Balaban J connectivity index is 2.97. The van der Waals surface area contributed by atoms with Gasteiger partial charge in [-0.25, -0.2) is 0 Å². The SMILES string of the molecule is CCCCCCCCC=CCCCCCCCC(=O)OCC(COC(=O)CCCCCCCC=CCCCCCCCC)(COC(=O)CCCCCCCC=CCCCCCCCC)OC(=O)CCN=Cc1ccc(C(=O)NCCCC)cc1. The number of benzene rings is 1. The second-order valence-corrected chi connectivity index (χ2v) is 23.7. The van der Waals surface area contributed by atoms with Gasteiger partial charge in [-0.15, -0.1) is 0 Å². The first kappa shape index (κ1) is 77.5. The van der Waals surface area contributed by atoms with Crippen molar-refractivity contribution in [2.24, 2.45) is 4.99 Å². The van der Waals surface area contributed by atoms with Crippen molar-refractivity contribution in [2.45, 2.75) is 322 Å². The first-order valence-electron chi connectivity index (χ1n) is 34.7. The Bertz CT molecular complexity index is 1720. The molecular formula is C73H124N2O9. The van der Waals surface area contributed by atoms with Crippen LogP contribution in [0.5, 0.6) is 0 Å². The monoisotopic (exact) mass is 1170 g/mol. The molecular weight excluding hydrogens is 1050 g/mol. The molecule has 11 heteroatoms. The number of hydrogen-bond donors (Lipinski definition) is 1. The Morgan fingerprint density at radius 3 is 1.02 bits per heavy atom. The molecule has 0 atom stereocenters. The van der Waals surface area contributed by atoms with E-state index in [1.165, 1.54) is 116 Å². The fraction of sp³-hybridized carbons (Fsp3) is 0.753. The van der Waals surface area contributed by atoms with Crippen LogP contribution in [-0.4, -0.2) is 74.5 Å². The van der Waals surface area contributed by atoms with Crippen LogP contribution in [0.15, 0.2) is 65.7 Å². The van der Waals surface area contributed by atoms with E-state index in [4.69, 9.17) is 18.9 Å². The van der Waals surface area contributed by atoms with Gasteiger partial charge in [-0.1, -0.05) is 237 Å². The zero-order valence-electron chi connectivity index (χ0n) is 54.3. The van der Waals surface area contributed by atoms with Crippen LogP contribution >= 0.6 is 0 Å². The van der Waals surface area contributed by atoms with Gasteiger partial charge in [0.1, 0.15) is 19.8 Å². The first-order valence-corrected chi connectivity index (χ1v) is 34.7. The lowest BCUT2D eigenvalue weighted by atomic mass is 10.1. The minimum absolute atomic E-state index is 0.0774. The van der Waals surface area contributed by atoms with Gasteiger partial charge in [-0.3, -0.25) is 29.0 Å². The fourth-order valence-corrected chi connectivity index (χ4v) is 9.91. The average molecular weight is 1170 g/mol. The number of nitrogens with one attached hydrogen (secondary N) is 1. The summed E-state index contributed by atoms with van der Waals surface area (Å²) in [7, 11) is 0. The van der Waals surface area contributed by atoms with Gasteiger partial charge < -0.3 is 24.3 Å². The van der Waals surface area contributed by atoms with Crippen molar-refractivity contribution in [1.82, 2.24) is 5.32 Å². The molecule has 0 fully saturated rings. The minimum atomic E-state index is -1.76. The summed E-state index contributed by atoms with van der Waals surface area (Å²) < 4.78 is 23.6. The molecule has 11 nitrogen and oxygen atoms in total. The van der Waals surface area contributed by atoms with Crippen molar-refractivity contribution in [3.63, 3.8) is 0 Å². The van der Waals surface area contributed by atoms with Crippen molar-refractivity contribution >= 4 is 36.0 Å². The predicted molar refractivity (Wildman–Crippen MR) is 351 cm³/mol. The molecule has 0 aromatic heterocycles. The minimum Gasteiger partial charge on any atom is -0.461 e. The number of allylic oxidation sites excluding steroid dienone is 6. The molecule has 1 rings (SSSR count). The summed E-state index contributed by atoms with van der Waals surface area (Å²) in [6.45, 7) is 8.21. The van der Waals surface area contributed by atoms with Crippen LogP contribution in [0.1, 0.15) is 333 Å². The third-order valence-corrected chi connectivity index (χ3v) is 15.4. The fourth-order valence-electron chi connectivity index (χ4n) is 9.91. The van der Waals surface area contributed by atoms with E-state index in [1.807, 2.05) is 0 Å². The smallest absolute Gasteiger partial charge is 0.308 e. The molecule has 0 spiro atoms. The average Bonchev–Trinajstić information content (AvgIpc) is 3.54. The first-order chi connectivity index (χ1) is 41.2. The normalized spacial score (nSPS) is 12.4. The van der Waals surface area contributed by atoms with Gasteiger partial charge in [0, 0.05) is 44.1 Å². The summed E-state index contributed by atoms with van der Waals surface area (Å²) in [5.41, 5.74) is -0.446. The van der Waals surface area contributed by atoms with E-state index in [9.17, 15) is 24.0 Å². The summed E-state index contributed by atoms with van der Waals surface area (Å²) in [6.07, 6.45) is 62.5. The number of hydrogen-bond acceptors (Lipinski definition) is 10. The van der Waals surface area contributed by atoms with Crippen molar-refractivity contribution < 1.29 is 42.9 Å². The lowest BCUT2D eigenvalue weighted by Crippen LogP contribution is -2.50. The van der Waals surface area contributed by atoms with E-state index >= 15 is 0 Å². The maximum atomic E-state index is 13.7. The maximum absolute atomic E-state index is 13.7. The maximum Gasteiger partial charge on any atom is 0.308 e. The quantitative estimate of drug-likeness (QED) is 0.0221. The highest BCUT2D eigenvalue weighted by Crippen LogP contribution is 2.21. The molecule has 0 saturated carbocycles. The third-order valence-electron chi connectivity index (χ3n) is 15.4. The number of rotatable bonds is 60. The van der Waals surface area contributed by atoms with Crippen molar-refractivity contribution in [1.29, 1.82) is 0 Å². The van der Waals surface area contributed by atoms with Gasteiger partial charge in [-0.05, 0) is 120 Å². The molecule has 84 heavy (non-hydrogen) atoms. The summed E-state index contributed by atoms with van der Waals surface area (Å²) >= 11 is 0. The summed E-state index contributed by atoms with van der Waals surface area (Å²) in [4.78, 5) is 70.7. The molecule has 0 unspecified atom stereocenters. The van der Waals surface area contributed by atoms with Gasteiger partial charge >= 0.3 is 23.9 Å². The summed E-state index contributed by atoms with van der Waals surface area (Å²) in [5, 5.41) is 2.92. The Labute approximate surface area is 514 Å². The highest BCUT2D eigenvalue weighted by Gasteiger charge is 2.40. The lowest BCUT2D eigenvalue weighted by Gasteiger charge is -2.32. The molecule has 0 heterocycles. The van der Waals surface area contributed by atoms with E-state index in [2.05, 4.69) is 74.5 Å². The summed E-state index contributed by atoms with van der Waals surface area (Å²) in [6, 6.07) is 7.07. The molecule has 0 radical (unpaired) electrons. The Morgan fingerprint density at radius 2 is 0.690 bits per heavy atom. The van der Waals surface area contributed by atoms with Gasteiger partial charge in [0.05, 0.1) is 6.42 Å². The van der Waals surface area contributed by atoms with Crippen LogP contribution in [-0.2, 0) is 38.1 Å². The molecule has 0 aliphatic heterocycles. The third kappa shape index (κ3) is 49.7. The van der Waals surface area contributed by atoms with Crippen molar-refractivity contribution in [3.05, 3.63) is 71.8 Å². The van der Waals surface area contributed by atoms with Gasteiger partial charge in [0.15, 0.2) is 0 Å². The Hall–Kier alpha value is -4.54. The standard InChI is InChI=1S/C73H124N2O9/c1-5-9-13-16-19-22-25-28-31-34-37-40-43-46-49-52-68(76)81-63-73(64-82-69(77)53-50-47-44-41-38-35-32-29-26-23-20-17-14-10-6-2,65-83-70(78)54-51-48-45-42-39-36-33-30-27-24-21-18-15-11-7-3)84-71(79)59-61-74-62-66-55-57-67(58-56-66)72(80)75-60-12-8-4/h28-33,55-58,62H,5-27,34-54,59-61,63-65H2,1-4H3,(H,75,80). The van der Waals surface area contributed by atoms with E-state index in [-0.39, 0.29) is 38.1 Å². The number of nitrogens with zero attached hydrogens (tertiary/aromatic N) is 1. The second-order valence-electron chi connectivity index (χ2n) is 23.7. The van der Waals surface area contributed by atoms with E-state index in [0.717, 1.165) is 134 Å². The highest BCUT2D eigenvalue weighted by molar-refractivity contribution is 5.95. The van der Waals surface area contributed by atoms with E-state index in [1.54, 1.807) is 30.5 Å². The Kier molecular flexibility index (Phi) is 54.3. The molecule has 1 aromatic carbocycles. The van der Waals surface area contributed by atoms with E-state index < -0.39 is 49.3 Å². The van der Waals surface area contributed by atoms with Crippen LogP contribution < -0.4 is 5.32 Å². The molecule has 0 aliphatic carbocycles. The Morgan fingerprint density at radius 1 is 0.381 bits per heavy atom. The number of amides is 1. The second kappa shape index (κ2) is 58.8. The van der Waals surface area contributed by atoms with Gasteiger partial charge in [-0.2, -0.15) is 0 Å². The molecule has 1 aromatic rings.